The van der Waals surface area contributed by atoms with Gasteiger partial charge in [-0.2, -0.15) is 0 Å². The summed E-state index contributed by atoms with van der Waals surface area (Å²) < 4.78 is 6.14. The highest BCUT2D eigenvalue weighted by Crippen LogP contribution is 2.40. The Bertz CT molecular complexity index is 1050. The maximum absolute atomic E-state index is 13.1. The third-order valence-corrected chi connectivity index (χ3v) is 6.42. The lowest BCUT2D eigenvalue weighted by atomic mass is 9.95. The van der Waals surface area contributed by atoms with E-state index in [4.69, 9.17) is 4.74 Å². The van der Waals surface area contributed by atoms with Crippen LogP contribution in [0.4, 0.5) is 0 Å². The van der Waals surface area contributed by atoms with Crippen molar-refractivity contribution in [1.82, 2.24) is 9.80 Å². The van der Waals surface area contributed by atoms with E-state index in [0.29, 0.717) is 24.4 Å². The number of carbonyl (C=O) groups is 2. The number of nitrogens with zero attached hydrogens (tertiary/aromatic N) is 2. The molecule has 1 fully saturated rings. The molecule has 1 heterocycles. The van der Waals surface area contributed by atoms with E-state index in [-0.39, 0.29) is 11.3 Å². The fourth-order valence-corrected chi connectivity index (χ4v) is 4.52. The van der Waals surface area contributed by atoms with E-state index in [1.807, 2.05) is 31.2 Å². The Hall–Kier alpha value is -2.64. The summed E-state index contributed by atoms with van der Waals surface area (Å²) in [5.74, 6) is -0.747. The number of ether oxygens (including phenoxy) is 1. The van der Waals surface area contributed by atoms with Gasteiger partial charge in [-0.25, -0.2) is 0 Å². The number of amides is 1. The van der Waals surface area contributed by atoms with Crippen molar-refractivity contribution in [3.8, 4) is 5.75 Å². The number of aryl methyl sites for hydroxylation is 1. The maximum atomic E-state index is 13.1. The second-order valence-corrected chi connectivity index (χ2v) is 8.67. The highest BCUT2D eigenvalue weighted by Gasteiger charge is 2.46. The first-order chi connectivity index (χ1) is 15.3. The van der Waals surface area contributed by atoms with Crippen LogP contribution in [-0.4, -0.2) is 59.9 Å². The maximum Gasteiger partial charge on any atom is 0.295 e. The van der Waals surface area contributed by atoms with Gasteiger partial charge in [0, 0.05) is 23.1 Å². The number of likely N-dealkylation sites (N-methyl/N-ethyl adjacent to an activating group) is 1. The van der Waals surface area contributed by atoms with Gasteiger partial charge in [-0.1, -0.05) is 41.9 Å². The number of methoxy groups -OCH3 is 1. The van der Waals surface area contributed by atoms with Crippen molar-refractivity contribution in [3.63, 3.8) is 0 Å². The minimum Gasteiger partial charge on any atom is -0.507 e. The topological polar surface area (TPSA) is 70.1 Å². The quantitative estimate of drug-likeness (QED) is 0.327. The fourth-order valence-electron chi connectivity index (χ4n) is 4.10. The van der Waals surface area contributed by atoms with E-state index in [0.717, 1.165) is 28.7 Å². The Morgan fingerprint density at radius 3 is 2.47 bits per heavy atom. The third kappa shape index (κ3) is 4.74. The number of hydrogen-bond donors (Lipinski definition) is 1. The second-order valence-electron chi connectivity index (χ2n) is 7.76. The van der Waals surface area contributed by atoms with Gasteiger partial charge in [0.25, 0.3) is 11.7 Å². The first kappa shape index (κ1) is 24.0. The van der Waals surface area contributed by atoms with Gasteiger partial charge in [0.05, 0.1) is 18.7 Å². The molecule has 1 aliphatic rings. The van der Waals surface area contributed by atoms with Crippen LogP contribution >= 0.6 is 15.9 Å². The Morgan fingerprint density at radius 2 is 1.88 bits per heavy atom. The summed E-state index contributed by atoms with van der Waals surface area (Å²) in [6.45, 7) is 8.74. The number of Topliss-reactive ketones (excluding diaryl/α,β-unsaturated/α-hetero) is 1. The molecule has 32 heavy (non-hydrogen) atoms. The van der Waals surface area contributed by atoms with E-state index >= 15 is 0 Å². The van der Waals surface area contributed by atoms with E-state index < -0.39 is 17.7 Å². The SMILES string of the molecule is CCN(CC)CCN1C(=O)C(=O)C(=C(O)c2ccc(OC)c(C)c2)[C@H]1c1cccc(Br)c1. The number of rotatable bonds is 8. The van der Waals surface area contributed by atoms with Crippen LogP contribution < -0.4 is 4.74 Å². The van der Waals surface area contributed by atoms with E-state index in [1.165, 1.54) is 0 Å². The average Bonchev–Trinajstić information content (AvgIpc) is 3.04. The molecule has 0 aliphatic carbocycles. The van der Waals surface area contributed by atoms with Crippen LogP contribution in [0.2, 0.25) is 0 Å². The lowest BCUT2D eigenvalue weighted by Gasteiger charge is -2.28. The number of aliphatic hydroxyl groups excluding tert-OH is 1. The average molecular weight is 501 g/mol. The Morgan fingerprint density at radius 1 is 1.16 bits per heavy atom. The number of likely N-dealkylation sites (tertiary alicyclic amines) is 1. The number of aliphatic hydroxyl groups is 1. The van der Waals surface area contributed by atoms with Crippen LogP contribution in [0.3, 0.4) is 0 Å². The molecule has 1 atom stereocenters. The van der Waals surface area contributed by atoms with E-state index in [2.05, 4.69) is 34.7 Å². The second kappa shape index (κ2) is 10.3. The molecule has 7 heteroatoms. The lowest BCUT2D eigenvalue weighted by molar-refractivity contribution is -0.140. The summed E-state index contributed by atoms with van der Waals surface area (Å²) >= 11 is 3.48. The van der Waals surface area contributed by atoms with Gasteiger partial charge in [0.2, 0.25) is 0 Å². The van der Waals surface area contributed by atoms with Crippen molar-refractivity contribution in [3.05, 3.63) is 69.2 Å². The smallest absolute Gasteiger partial charge is 0.295 e. The molecule has 2 aromatic rings. The van der Waals surface area contributed by atoms with Gasteiger partial charge in [0.15, 0.2) is 0 Å². The Kier molecular flexibility index (Phi) is 7.74. The van der Waals surface area contributed by atoms with Crippen LogP contribution in [0.25, 0.3) is 5.76 Å². The highest BCUT2D eigenvalue weighted by atomic mass is 79.9. The molecule has 1 saturated heterocycles. The van der Waals surface area contributed by atoms with Crippen molar-refractivity contribution in [1.29, 1.82) is 0 Å². The van der Waals surface area contributed by atoms with Crippen molar-refractivity contribution >= 4 is 33.4 Å². The molecular formula is C25H29BrN2O4. The standard InChI is InChI=1S/C25H29BrN2O4/c1-5-27(6-2)12-13-28-22(17-8-7-9-19(26)15-17)21(24(30)25(28)31)23(29)18-10-11-20(32-4)16(3)14-18/h7-11,14-15,22,29H,5-6,12-13H2,1-4H3/t22-/m1/s1. The largest absolute Gasteiger partial charge is 0.507 e. The molecule has 1 aliphatic heterocycles. The van der Waals surface area contributed by atoms with Crippen LogP contribution in [-0.2, 0) is 9.59 Å². The van der Waals surface area contributed by atoms with Gasteiger partial charge in [-0.05, 0) is 61.5 Å². The van der Waals surface area contributed by atoms with E-state index in [1.54, 1.807) is 30.2 Å². The summed E-state index contributed by atoms with van der Waals surface area (Å²) in [5.41, 5.74) is 2.18. The molecule has 0 spiro atoms. The van der Waals surface area contributed by atoms with Gasteiger partial charge >= 0.3 is 0 Å². The van der Waals surface area contributed by atoms with Crippen molar-refractivity contribution < 1.29 is 19.4 Å². The first-order valence-electron chi connectivity index (χ1n) is 10.7. The van der Waals surface area contributed by atoms with Crippen molar-refractivity contribution in [2.45, 2.75) is 26.8 Å². The minimum absolute atomic E-state index is 0.109. The number of carbonyl (C=O) groups excluding carboxylic acids is 2. The molecule has 0 unspecified atom stereocenters. The van der Waals surface area contributed by atoms with Crippen LogP contribution in [0.5, 0.6) is 5.75 Å². The third-order valence-electron chi connectivity index (χ3n) is 5.92. The van der Waals surface area contributed by atoms with Gasteiger partial charge in [-0.3, -0.25) is 9.59 Å². The van der Waals surface area contributed by atoms with Crippen molar-refractivity contribution in [2.75, 3.05) is 33.3 Å². The minimum atomic E-state index is -0.666. The molecular weight excluding hydrogens is 472 g/mol. The molecule has 0 saturated carbocycles. The molecule has 0 aromatic heterocycles. The molecule has 1 N–H and O–H groups in total. The van der Waals surface area contributed by atoms with E-state index in [9.17, 15) is 14.7 Å². The predicted octanol–water partition coefficient (Wildman–Crippen LogP) is 4.53. The molecule has 6 nitrogen and oxygen atoms in total. The Balaban J connectivity index is 2.12. The summed E-state index contributed by atoms with van der Waals surface area (Å²) in [5, 5.41) is 11.2. The first-order valence-corrected chi connectivity index (χ1v) is 11.5. The zero-order valence-corrected chi connectivity index (χ0v) is 20.5. The molecule has 3 rings (SSSR count). The molecule has 170 valence electrons. The predicted molar refractivity (Wildman–Crippen MR) is 129 cm³/mol. The molecule has 0 bridgehead atoms. The number of halogens is 1. The van der Waals surface area contributed by atoms with Crippen LogP contribution in [0, 0.1) is 6.92 Å². The monoisotopic (exact) mass is 500 g/mol. The number of benzene rings is 2. The van der Waals surface area contributed by atoms with Gasteiger partial charge < -0.3 is 19.6 Å². The summed E-state index contributed by atoms with van der Waals surface area (Å²) in [7, 11) is 1.58. The van der Waals surface area contributed by atoms with Gasteiger partial charge in [0.1, 0.15) is 11.5 Å². The van der Waals surface area contributed by atoms with Crippen molar-refractivity contribution in [2.24, 2.45) is 0 Å². The number of hydrogen-bond acceptors (Lipinski definition) is 5. The summed E-state index contributed by atoms with van der Waals surface area (Å²) in [6, 6.07) is 12.0. The fraction of sp³-hybridized carbons (Fsp3) is 0.360. The summed E-state index contributed by atoms with van der Waals surface area (Å²) in [6.07, 6.45) is 0. The number of ketones is 1. The van der Waals surface area contributed by atoms with Crippen LogP contribution in [0.1, 0.15) is 36.6 Å². The molecule has 2 aromatic carbocycles. The highest BCUT2D eigenvalue weighted by molar-refractivity contribution is 9.10. The van der Waals surface area contributed by atoms with Crippen LogP contribution in [0.15, 0.2) is 52.5 Å². The zero-order valence-electron chi connectivity index (χ0n) is 18.9. The summed E-state index contributed by atoms with van der Waals surface area (Å²) in [4.78, 5) is 30.0. The zero-order chi connectivity index (χ0) is 23.4. The lowest BCUT2D eigenvalue weighted by Crippen LogP contribution is -2.38. The molecule has 0 radical (unpaired) electrons. The molecule has 1 amide bonds. The normalized spacial score (nSPS) is 17.9. The van der Waals surface area contributed by atoms with Gasteiger partial charge in [-0.15, -0.1) is 0 Å². The Labute approximate surface area is 197 Å².